The SMILES string of the molecule is Cl.O=C(O)c1cc(C2CC2)c(CN2[C@@H]3CC[C@H]2C[C@@H](Oc2cc(Cl)cc(Cl)c2)C3)cc1F. The van der Waals surface area contributed by atoms with Crippen LogP contribution in [0.2, 0.25) is 10.0 Å². The molecule has 0 unspecified atom stereocenters. The molecule has 2 aromatic carbocycles. The van der Waals surface area contributed by atoms with Crippen molar-refractivity contribution in [2.45, 2.75) is 69.2 Å². The Labute approximate surface area is 203 Å². The first kappa shape index (κ1) is 23.6. The molecule has 2 aromatic rings. The highest BCUT2D eigenvalue weighted by molar-refractivity contribution is 6.34. The summed E-state index contributed by atoms with van der Waals surface area (Å²) in [5.74, 6) is -0.794. The molecule has 1 saturated carbocycles. The van der Waals surface area contributed by atoms with Gasteiger partial charge in [0.05, 0.1) is 5.56 Å². The van der Waals surface area contributed by atoms with Crippen LogP contribution < -0.4 is 4.74 Å². The molecule has 1 N–H and O–H groups in total. The first-order valence-electron chi connectivity index (χ1n) is 10.8. The van der Waals surface area contributed by atoms with E-state index in [9.17, 15) is 14.3 Å². The average molecular weight is 501 g/mol. The summed E-state index contributed by atoms with van der Waals surface area (Å²) in [7, 11) is 0. The Hall–Kier alpha value is -1.53. The molecule has 0 amide bonds. The predicted octanol–water partition coefficient (Wildman–Crippen LogP) is 6.70. The second kappa shape index (κ2) is 9.38. The first-order valence-corrected chi connectivity index (χ1v) is 11.6. The molecule has 2 bridgehead atoms. The van der Waals surface area contributed by atoms with Crippen LogP contribution in [0.15, 0.2) is 30.3 Å². The van der Waals surface area contributed by atoms with Crippen molar-refractivity contribution >= 4 is 41.6 Å². The van der Waals surface area contributed by atoms with Gasteiger partial charge in [-0.25, -0.2) is 9.18 Å². The number of carboxylic acids is 1. The zero-order valence-electron chi connectivity index (χ0n) is 17.4. The molecule has 2 heterocycles. The number of rotatable bonds is 6. The Kier molecular flexibility index (Phi) is 6.92. The summed E-state index contributed by atoms with van der Waals surface area (Å²) < 4.78 is 20.7. The maximum Gasteiger partial charge on any atom is 0.338 e. The average Bonchev–Trinajstić information content (AvgIpc) is 3.48. The summed E-state index contributed by atoms with van der Waals surface area (Å²) in [6.45, 7) is 0.660. The van der Waals surface area contributed by atoms with Crippen LogP contribution >= 0.6 is 35.6 Å². The zero-order valence-corrected chi connectivity index (χ0v) is 19.7. The maximum absolute atomic E-state index is 14.5. The Morgan fingerprint density at radius 2 is 1.66 bits per heavy atom. The van der Waals surface area contributed by atoms with Gasteiger partial charge in [0.1, 0.15) is 17.7 Å². The molecule has 4 nitrogen and oxygen atoms in total. The number of aromatic carboxylic acids is 1. The lowest BCUT2D eigenvalue weighted by Crippen LogP contribution is -2.45. The second-order valence-electron chi connectivity index (χ2n) is 8.98. The molecule has 5 rings (SSSR count). The van der Waals surface area contributed by atoms with Crippen molar-refractivity contribution in [1.82, 2.24) is 4.90 Å². The second-order valence-corrected chi connectivity index (χ2v) is 9.86. The van der Waals surface area contributed by atoms with Crippen LogP contribution in [0.5, 0.6) is 5.75 Å². The molecule has 0 spiro atoms. The number of halogens is 4. The zero-order chi connectivity index (χ0) is 21.7. The summed E-state index contributed by atoms with van der Waals surface area (Å²) in [6.07, 6.45) is 6.16. The van der Waals surface area contributed by atoms with Crippen molar-refractivity contribution in [1.29, 1.82) is 0 Å². The van der Waals surface area contributed by atoms with Crippen molar-refractivity contribution in [3.63, 3.8) is 0 Å². The Morgan fingerprint density at radius 3 is 2.22 bits per heavy atom. The van der Waals surface area contributed by atoms with Gasteiger partial charge in [0.2, 0.25) is 0 Å². The number of fused-ring (bicyclic) bond motifs is 2. The van der Waals surface area contributed by atoms with E-state index in [1.807, 2.05) is 0 Å². The molecule has 0 radical (unpaired) electrons. The number of carbonyl (C=O) groups is 1. The summed E-state index contributed by atoms with van der Waals surface area (Å²) in [5.41, 5.74) is 1.72. The predicted molar refractivity (Wildman–Crippen MR) is 125 cm³/mol. The first-order chi connectivity index (χ1) is 14.9. The quantitative estimate of drug-likeness (QED) is 0.479. The van der Waals surface area contributed by atoms with E-state index in [0.29, 0.717) is 40.3 Å². The summed E-state index contributed by atoms with van der Waals surface area (Å²) >= 11 is 12.2. The highest BCUT2D eigenvalue weighted by atomic mass is 35.5. The van der Waals surface area contributed by atoms with E-state index in [0.717, 1.165) is 49.7 Å². The van der Waals surface area contributed by atoms with Gasteiger partial charge in [-0.1, -0.05) is 23.2 Å². The molecular formula is C24H25Cl3FNO3. The van der Waals surface area contributed by atoms with E-state index in [1.165, 1.54) is 6.07 Å². The van der Waals surface area contributed by atoms with Gasteiger partial charge in [0, 0.05) is 28.7 Å². The minimum absolute atomic E-state index is 0. The smallest absolute Gasteiger partial charge is 0.338 e. The number of carboxylic acid groups (broad SMARTS) is 1. The topological polar surface area (TPSA) is 49.8 Å². The largest absolute Gasteiger partial charge is 0.490 e. The molecule has 3 aliphatic rings. The lowest BCUT2D eigenvalue weighted by molar-refractivity contribution is 0.0443. The fourth-order valence-corrected chi connectivity index (χ4v) is 5.78. The highest BCUT2D eigenvalue weighted by Gasteiger charge is 2.42. The molecule has 2 saturated heterocycles. The van der Waals surface area contributed by atoms with E-state index >= 15 is 0 Å². The molecule has 3 atom stereocenters. The van der Waals surface area contributed by atoms with Crippen molar-refractivity contribution in [2.75, 3.05) is 0 Å². The van der Waals surface area contributed by atoms with Crippen LogP contribution in [0, 0.1) is 5.82 Å². The van der Waals surface area contributed by atoms with Gasteiger partial charge in [-0.05, 0) is 85.9 Å². The number of ether oxygens (including phenoxy) is 1. The minimum atomic E-state index is -1.20. The third-order valence-electron chi connectivity index (χ3n) is 6.81. The lowest BCUT2D eigenvalue weighted by Gasteiger charge is -2.39. The summed E-state index contributed by atoms with van der Waals surface area (Å²) in [4.78, 5) is 13.8. The third-order valence-corrected chi connectivity index (χ3v) is 7.25. The van der Waals surface area contributed by atoms with Gasteiger partial charge in [0.25, 0.3) is 0 Å². The molecule has 32 heavy (non-hydrogen) atoms. The van der Waals surface area contributed by atoms with Gasteiger partial charge >= 0.3 is 5.97 Å². The molecule has 2 aliphatic heterocycles. The van der Waals surface area contributed by atoms with E-state index in [4.69, 9.17) is 27.9 Å². The van der Waals surface area contributed by atoms with E-state index in [1.54, 1.807) is 24.3 Å². The monoisotopic (exact) mass is 499 g/mol. The fraction of sp³-hybridized carbons (Fsp3) is 0.458. The van der Waals surface area contributed by atoms with Crippen LogP contribution in [0.4, 0.5) is 4.39 Å². The van der Waals surface area contributed by atoms with Crippen molar-refractivity contribution < 1.29 is 19.0 Å². The number of hydrogen-bond donors (Lipinski definition) is 1. The fourth-order valence-electron chi connectivity index (χ4n) is 5.27. The number of nitrogens with zero attached hydrogens (tertiary/aromatic N) is 1. The molecule has 0 aromatic heterocycles. The van der Waals surface area contributed by atoms with Gasteiger partial charge in [-0.15, -0.1) is 12.4 Å². The van der Waals surface area contributed by atoms with Crippen molar-refractivity contribution in [3.8, 4) is 5.75 Å². The van der Waals surface area contributed by atoms with Crippen LogP contribution in [0.1, 0.15) is 65.9 Å². The van der Waals surface area contributed by atoms with E-state index in [-0.39, 0.29) is 24.1 Å². The minimum Gasteiger partial charge on any atom is -0.490 e. The Bertz CT molecular complexity index is 996. The summed E-state index contributed by atoms with van der Waals surface area (Å²) in [5, 5.41) is 10.4. The van der Waals surface area contributed by atoms with Crippen LogP contribution in [0.25, 0.3) is 0 Å². The third kappa shape index (κ3) is 4.86. The van der Waals surface area contributed by atoms with Crippen LogP contribution in [-0.2, 0) is 6.54 Å². The Balaban J connectivity index is 0.00000245. The van der Waals surface area contributed by atoms with Crippen molar-refractivity contribution in [2.24, 2.45) is 0 Å². The van der Waals surface area contributed by atoms with Gasteiger partial charge in [-0.3, -0.25) is 4.90 Å². The van der Waals surface area contributed by atoms with Gasteiger partial charge in [-0.2, -0.15) is 0 Å². The molecule has 8 heteroatoms. The number of benzene rings is 2. The lowest BCUT2D eigenvalue weighted by atomic mass is 9.95. The number of hydrogen-bond acceptors (Lipinski definition) is 3. The maximum atomic E-state index is 14.5. The van der Waals surface area contributed by atoms with Crippen LogP contribution in [0.3, 0.4) is 0 Å². The molecular weight excluding hydrogens is 476 g/mol. The van der Waals surface area contributed by atoms with Gasteiger partial charge < -0.3 is 9.84 Å². The normalized spacial score (nSPS) is 24.8. The van der Waals surface area contributed by atoms with Crippen molar-refractivity contribution in [3.05, 3.63) is 62.9 Å². The van der Waals surface area contributed by atoms with E-state index < -0.39 is 11.8 Å². The van der Waals surface area contributed by atoms with E-state index in [2.05, 4.69) is 4.90 Å². The Morgan fingerprint density at radius 1 is 1.03 bits per heavy atom. The van der Waals surface area contributed by atoms with Crippen LogP contribution in [-0.4, -0.2) is 34.2 Å². The number of piperidine rings is 1. The molecule has 3 fully saturated rings. The van der Waals surface area contributed by atoms with Gasteiger partial charge in [0.15, 0.2) is 0 Å². The summed E-state index contributed by atoms with van der Waals surface area (Å²) in [6, 6.07) is 9.01. The molecule has 1 aliphatic carbocycles. The molecule has 172 valence electrons. The standard InChI is InChI=1S/C24H24Cl2FNO3.ClH/c25-15-6-16(26)8-19(7-15)31-20-9-17-3-4-18(10-20)28(17)12-14-5-23(27)22(24(29)30)11-21(14)13-1-2-13;/h5-8,11,13,17-18,20H,1-4,9-10,12H2,(H,29,30);1H/t17-,18+,20+;. The highest BCUT2D eigenvalue weighted by Crippen LogP contribution is 2.44.